The van der Waals surface area contributed by atoms with Gasteiger partial charge >= 0.3 is 0 Å². The van der Waals surface area contributed by atoms with E-state index in [2.05, 4.69) is 43.2 Å². The molecular weight excluding hydrogens is 396 g/mol. The lowest BCUT2D eigenvalue weighted by molar-refractivity contribution is -0.129. The summed E-state index contributed by atoms with van der Waals surface area (Å²) in [4.78, 5) is 0. The van der Waals surface area contributed by atoms with E-state index >= 15 is 0 Å². The maximum atomic E-state index is 10.7. The second-order valence-electron chi connectivity index (χ2n) is 7.21. The van der Waals surface area contributed by atoms with Crippen LogP contribution in [0.5, 0.6) is 0 Å². The predicted molar refractivity (Wildman–Crippen MR) is 92.2 cm³/mol. The number of hydrogen-bond donors (Lipinski definition) is 3. The van der Waals surface area contributed by atoms with Gasteiger partial charge in [0.25, 0.3) is 0 Å². The molecule has 0 saturated heterocycles. The highest BCUT2D eigenvalue weighted by Gasteiger charge is 2.54. The summed E-state index contributed by atoms with van der Waals surface area (Å²) in [5, 5.41) is 14.4. The summed E-state index contributed by atoms with van der Waals surface area (Å²) in [6.07, 6.45) is 5.44. The zero-order valence-electron chi connectivity index (χ0n) is 11.8. The van der Waals surface area contributed by atoms with Gasteiger partial charge in [-0.2, -0.15) is 0 Å². The van der Waals surface area contributed by atoms with Gasteiger partial charge in [-0.15, -0.1) is 0 Å². The lowest BCUT2D eigenvalue weighted by Gasteiger charge is -2.58. The molecule has 4 bridgehead atoms. The van der Waals surface area contributed by atoms with Crippen molar-refractivity contribution in [2.24, 2.45) is 17.8 Å². The summed E-state index contributed by atoms with van der Waals surface area (Å²) >= 11 is 7.05. The Balaban J connectivity index is 1.61. The lowest BCUT2D eigenvalue weighted by Crippen LogP contribution is -2.59. The van der Waals surface area contributed by atoms with Crippen molar-refractivity contribution in [2.75, 3.05) is 11.1 Å². The van der Waals surface area contributed by atoms with Crippen molar-refractivity contribution < 1.29 is 5.11 Å². The normalized spacial score (nSPS) is 40.5. The Morgan fingerprint density at radius 1 is 1.14 bits per heavy atom. The summed E-state index contributed by atoms with van der Waals surface area (Å²) in [7, 11) is 0. The van der Waals surface area contributed by atoms with Crippen LogP contribution in [0.15, 0.2) is 21.1 Å². The van der Waals surface area contributed by atoms with Crippen molar-refractivity contribution in [3.8, 4) is 0 Å². The van der Waals surface area contributed by atoms with Gasteiger partial charge in [-0.25, -0.2) is 0 Å². The fourth-order valence-electron chi connectivity index (χ4n) is 5.10. The highest BCUT2D eigenvalue weighted by atomic mass is 79.9. The standard InChI is InChI=1S/C16H20Br2N2O/c17-11-3-12(18)14(19)13(4-11)20-15-9-1-8-2-10(15)7-16(21,5-8)6-9/h3-4,8-10,15,20-21H,1-2,5-7,19H2. The van der Waals surface area contributed by atoms with Crippen LogP contribution in [0.3, 0.4) is 0 Å². The number of nitrogen functional groups attached to an aromatic ring is 1. The molecule has 4 N–H and O–H groups in total. The van der Waals surface area contributed by atoms with Gasteiger partial charge < -0.3 is 16.2 Å². The number of nitrogens with two attached hydrogens (primary N) is 1. The molecule has 21 heavy (non-hydrogen) atoms. The quantitative estimate of drug-likeness (QED) is 0.636. The van der Waals surface area contributed by atoms with Gasteiger partial charge in [0.2, 0.25) is 0 Å². The largest absolute Gasteiger partial charge is 0.396 e. The molecule has 1 aromatic carbocycles. The van der Waals surface area contributed by atoms with E-state index in [0.29, 0.717) is 17.9 Å². The highest BCUT2D eigenvalue weighted by molar-refractivity contribution is 9.11. The van der Waals surface area contributed by atoms with E-state index < -0.39 is 0 Å². The third-order valence-electron chi connectivity index (χ3n) is 5.66. The minimum Gasteiger partial charge on any atom is -0.396 e. The molecule has 2 atom stereocenters. The topological polar surface area (TPSA) is 58.3 Å². The second kappa shape index (κ2) is 4.87. The van der Waals surface area contributed by atoms with Crippen LogP contribution < -0.4 is 11.1 Å². The molecule has 0 heterocycles. The Morgan fingerprint density at radius 3 is 2.43 bits per heavy atom. The molecule has 5 rings (SSSR count). The van der Waals surface area contributed by atoms with E-state index in [1.807, 2.05) is 6.07 Å². The van der Waals surface area contributed by atoms with E-state index in [4.69, 9.17) is 5.73 Å². The van der Waals surface area contributed by atoms with Crippen LogP contribution in [-0.2, 0) is 0 Å². The van der Waals surface area contributed by atoms with Crippen LogP contribution in [0.1, 0.15) is 32.1 Å². The summed E-state index contributed by atoms with van der Waals surface area (Å²) in [6, 6.07) is 4.48. The molecule has 0 amide bonds. The summed E-state index contributed by atoms with van der Waals surface area (Å²) in [6.45, 7) is 0. The Kier molecular flexibility index (Phi) is 3.32. The highest BCUT2D eigenvalue weighted by Crippen LogP contribution is 2.56. The van der Waals surface area contributed by atoms with Gasteiger partial charge in [-0.1, -0.05) is 15.9 Å². The number of hydrogen-bond acceptors (Lipinski definition) is 3. The smallest absolute Gasteiger partial charge is 0.0695 e. The van der Waals surface area contributed by atoms with Crippen LogP contribution in [0.25, 0.3) is 0 Å². The van der Waals surface area contributed by atoms with Gasteiger partial charge in [0.1, 0.15) is 0 Å². The summed E-state index contributed by atoms with van der Waals surface area (Å²) < 4.78 is 1.94. The molecule has 4 fully saturated rings. The van der Waals surface area contributed by atoms with Crippen molar-refractivity contribution >= 4 is 43.2 Å². The van der Waals surface area contributed by atoms with E-state index in [1.54, 1.807) is 0 Å². The number of nitrogens with one attached hydrogen (secondary N) is 1. The average Bonchev–Trinajstić information content (AvgIpc) is 2.37. The SMILES string of the molecule is Nc1c(Br)cc(Br)cc1NC1C2CC3CC1CC(O)(C3)C2. The number of anilines is 2. The van der Waals surface area contributed by atoms with Crippen LogP contribution >= 0.6 is 31.9 Å². The molecule has 0 radical (unpaired) electrons. The number of halogens is 2. The molecule has 0 aliphatic heterocycles. The molecule has 0 aromatic heterocycles. The van der Waals surface area contributed by atoms with Crippen molar-refractivity contribution in [1.29, 1.82) is 0 Å². The molecule has 1 aromatic rings. The molecule has 114 valence electrons. The maximum absolute atomic E-state index is 10.7. The molecule has 0 spiro atoms. The first-order valence-electron chi connectivity index (χ1n) is 7.67. The fraction of sp³-hybridized carbons (Fsp3) is 0.625. The monoisotopic (exact) mass is 414 g/mol. The van der Waals surface area contributed by atoms with Crippen molar-refractivity contribution in [3.05, 3.63) is 21.1 Å². The van der Waals surface area contributed by atoms with Gasteiger partial charge in [-0.05, 0) is 77.9 Å². The average molecular weight is 416 g/mol. The Labute approximate surface area is 141 Å². The Bertz CT molecular complexity index is 576. The second-order valence-corrected chi connectivity index (χ2v) is 8.98. The van der Waals surface area contributed by atoms with Crippen LogP contribution in [0.2, 0.25) is 0 Å². The first kappa shape index (κ1) is 14.3. The van der Waals surface area contributed by atoms with Gasteiger partial charge in [-0.3, -0.25) is 0 Å². The number of aliphatic hydroxyl groups is 1. The third kappa shape index (κ3) is 2.41. The first-order valence-corrected chi connectivity index (χ1v) is 9.25. The maximum Gasteiger partial charge on any atom is 0.0695 e. The third-order valence-corrected chi connectivity index (χ3v) is 6.77. The first-order chi connectivity index (χ1) is 9.93. The van der Waals surface area contributed by atoms with E-state index in [-0.39, 0.29) is 5.60 Å². The predicted octanol–water partition coefficient (Wildman–Crippen LogP) is 4.15. The lowest BCUT2D eigenvalue weighted by atomic mass is 9.52. The van der Waals surface area contributed by atoms with E-state index in [0.717, 1.165) is 45.5 Å². The minimum absolute atomic E-state index is 0.377. The molecular formula is C16H20Br2N2O. The Morgan fingerprint density at radius 2 is 1.81 bits per heavy atom. The molecule has 4 aliphatic carbocycles. The molecule has 4 saturated carbocycles. The molecule has 4 aliphatic rings. The van der Waals surface area contributed by atoms with Crippen LogP contribution in [0, 0.1) is 17.8 Å². The van der Waals surface area contributed by atoms with Crippen molar-refractivity contribution in [1.82, 2.24) is 0 Å². The van der Waals surface area contributed by atoms with Crippen molar-refractivity contribution in [2.45, 2.75) is 43.7 Å². The zero-order valence-corrected chi connectivity index (χ0v) is 15.0. The minimum atomic E-state index is -0.377. The molecule has 5 heteroatoms. The molecule has 2 unspecified atom stereocenters. The van der Waals surface area contributed by atoms with Gasteiger partial charge in [0, 0.05) is 15.0 Å². The number of rotatable bonds is 2. The van der Waals surface area contributed by atoms with Crippen molar-refractivity contribution in [3.63, 3.8) is 0 Å². The van der Waals surface area contributed by atoms with Crippen LogP contribution in [0.4, 0.5) is 11.4 Å². The molecule has 3 nitrogen and oxygen atoms in total. The summed E-state index contributed by atoms with van der Waals surface area (Å²) in [5.74, 6) is 1.90. The van der Waals surface area contributed by atoms with Crippen LogP contribution in [-0.4, -0.2) is 16.7 Å². The fourth-order valence-corrected chi connectivity index (χ4v) is 6.33. The van der Waals surface area contributed by atoms with Gasteiger partial charge in [0.15, 0.2) is 0 Å². The Hall–Kier alpha value is -0.260. The van der Waals surface area contributed by atoms with E-state index in [1.165, 1.54) is 12.8 Å². The van der Waals surface area contributed by atoms with Gasteiger partial charge in [0.05, 0.1) is 17.0 Å². The summed E-state index contributed by atoms with van der Waals surface area (Å²) in [5.41, 5.74) is 7.59. The zero-order chi connectivity index (χ0) is 14.8. The number of benzene rings is 1. The van der Waals surface area contributed by atoms with E-state index in [9.17, 15) is 5.11 Å².